The summed E-state index contributed by atoms with van der Waals surface area (Å²) in [5, 5.41) is 0. The summed E-state index contributed by atoms with van der Waals surface area (Å²) in [5.41, 5.74) is 4.29. The van der Waals surface area contributed by atoms with E-state index in [1.54, 1.807) is 0 Å². The molecule has 0 aromatic rings. The Morgan fingerprint density at radius 1 is 1.40 bits per heavy atom. The van der Waals surface area contributed by atoms with Gasteiger partial charge in [0.2, 0.25) is 8.53 Å². The van der Waals surface area contributed by atoms with Crippen LogP contribution in [0, 0.1) is 0 Å². The van der Waals surface area contributed by atoms with Crippen LogP contribution in [0.2, 0.25) is 0 Å². The fourth-order valence-corrected chi connectivity index (χ4v) is 0.250. The summed E-state index contributed by atoms with van der Waals surface area (Å²) in [6, 6.07) is 0. The van der Waals surface area contributed by atoms with Crippen molar-refractivity contribution in [3.8, 4) is 0 Å². The minimum atomic E-state index is -2.12. The quantitative estimate of drug-likeness (QED) is 0.523. The fourth-order valence-electron chi connectivity index (χ4n) is 0.0833. The van der Waals surface area contributed by atoms with E-state index in [4.69, 9.17) is 9.79 Å². The van der Waals surface area contributed by atoms with Gasteiger partial charge in [-0.2, -0.15) is 0 Å². The predicted molar refractivity (Wildman–Crippen MR) is 38.6 cm³/mol. The van der Waals surface area contributed by atoms with Gasteiger partial charge in [0, 0.05) is 14.2 Å². The molecule has 6 nitrogen and oxygen atoms in total. The smallest absolute Gasteiger partial charge is 0.318 e. The first-order valence-corrected chi connectivity index (χ1v) is 4.63. The first kappa shape index (κ1) is 13.1. The number of nitrogens with two attached hydrogens (primary N) is 1. The Kier molecular flexibility index (Phi) is 12.4. The molecule has 0 saturated carbocycles. The maximum absolute atomic E-state index is 9.92. The Morgan fingerprint density at radius 2 is 1.60 bits per heavy atom. The third-order valence-corrected chi connectivity index (χ3v) is 1.00. The second kappa shape index (κ2) is 9.46. The highest BCUT2D eigenvalue weighted by atomic mass is 31.2. The molecule has 0 aromatic heterocycles. The highest BCUT2D eigenvalue weighted by Crippen LogP contribution is 2.18. The molecular formula is C2H11NO5P2. The molecule has 0 radical (unpaired) electrons. The summed E-state index contributed by atoms with van der Waals surface area (Å²) in [5.74, 6) is 0. The Balaban J connectivity index is 0. The zero-order valence-electron chi connectivity index (χ0n) is 5.64. The molecule has 0 aliphatic heterocycles. The van der Waals surface area contributed by atoms with Gasteiger partial charge < -0.3 is 18.8 Å². The van der Waals surface area contributed by atoms with Gasteiger partial charge in [-0.15, -0.1) is 0 Å². The second-order valence-corrected chi connectivity index (χ2v) is 2.94. The van der Waals surface area contributed by atoms with Crippen molar-refractivity contribution in [1.82, 2.24) is 0 Å². The molecule has 0 unspecified atom stereocenters. The van der Waals surface area contributed by atoms with Crippen LogP contribution in [-0.2, 0) is 13.6 Å². The minimum Gasteiger partial charge on any atom is -0.338 e. The van der Waals surface area contributed by atoms with E-state index >= 15 is 0 Å². The van der Waals surface area contributed by atoms with Crippen molar-refractivity contribution >= 4 is 16.8 Å². The molecule has 0 saturated heterocycles. The maximum atomic E-state index is 9.92. The van der Waals surface area contributed by atoms with Crippen LogP contribution in [-0.4, -0.2) is 24.0 Å². The van der Waals surface area contributed by atoms with Crippen molar-refractivity contribution in [2.45, 2.75) is 0 Å². The largest absolute Gasteiger partial charge is 0.338 e. The molecule has 0 amide bonds. The average Bonchev–Trinajstić information content (AvgIpc) is 1.85. The molecule has 0 aliphatic carbocycles. The van der Waals surface area contributed by atoms with Gasteiger partial charge in [-0.1, -0.05) is 0 Å². The van der Waals surface area contributed by atoms with E-state index in [1.807, 2.05) is 0 Å². The minimum absolute atomic E-state index is 1.34. The van der Waals surface area contributed by atoms with Crippen LogP contribution in [0.3, 0.4) is 0 Å². The lowest BCUT2D eigenvalue weighted by molar-refractivity contribution is 0.302. The van der Waals surface area contributed by atoms with Crippen LogP contribution in [0.25, 0.3) is 0 Å². The van der Waals surface area contributed by atoms with E-state index < -0.39 is 16.8 Å². The first-order chi connectivity index (χ1) is 4.54. The summed E-state index contributed by atoms with van der Waals surface area (Å²) >= 11 is 0. The highest BCUT2D eigenvalue weighted by molar-refractivity contribution is 7.42. The van der Waals surface area contributed by atoms with E-state index in [9.17, 15) is 4.57 Å². The van der Waals surface area contributed by atoms with E-state index in [2.05, 4.69) is 14.6 Å². The van der Waals surface area contributed by atoms with Crippen molar-refractivity contribution in [3.63, 3.8) is 0 Å². The molecule has 4 N–H and O–H groups in total. The lowest BCUT2D eigenvalue weighted by Crippen LogP contribution is -1.78. The standard InChI is InChI=1S/C2H7O3P.H4NO2P/c1-4-6(3)5-2;1-4(2)3/h6H,1-2H3;2-3H,1H2. The maximum Gasteiger partial charge on any atom is 0.318 e. The lowest BCUT2D eigenvalue weighted by Gasteiger charge is -1.89. The molecule has 0 aliphatic rings. The van der Waals surface area contributed by atoms with Crippen molar-refractivity contribution in [2.75, 3.05) is 14.2 Å². The average molecular weight is 191 g/mol. The van der Waals surface area contributed by atoms with E-state index in [0.717, 1.165) is 0 Å². The van der Waals surface area contributed by atoms with Crippen molar-refractivity contribution in [1.29, 1.82) is 0 Å². The third-order valence-electron chi connectivity index (χ3n) is 0.333. The fraction of sp³-hybridized carbons (Fsp3) is 1.00. The molecule has 0 aromatic carbocycles. The number of hydrogen-bond acceptors (Lipinski definition) is 6. The summed E-state index contributed by atoms with van der Waals surface area (Å²) in [6.07, 6.45) is 0. The molecule has 0 rings (SSSR count). The SMILES string of the molecule is CO[PH](=O)OC.NP(O)O. The first-order valence-electron chi connectivity index (χ1n) is 2.09. The van der Waals surface area contributed by atoms with Gasteiger partial charge >= 0.3 is 8.25 Å². The normalized spacial score (nSPS) is 9.50. The summed E-state index contributed by atoms with van der Waals surface area (Å²) < 4.78 is 18.4. The third kappa shape index (κ3) is 23.7. The predicted octanol–water partition coefficient (Wildman–Crippen LogP) is -0.175. The van der Waals surface area contributed by atoms with Crippen LogP contribution in [0.5, 0.6) is 0 Å². The molecule has 8 heteroatoms. The number of hydrogen-bond donors (Lipinski definition) is 3. The zero-order valence-corrected chi connectivity index (χ0v) is 7.54. The van der Waals surface area contributed by atoms with Gasteiger partial charge in [0.05, 0.1) is 0 Å². The molecule has 0 atom stereocenters. The lowest BCUT2D eigenvalue weighted by atomic mass is 11.8. The van der Waals surface area contributed by atoms with E-state index in [-0.39, 0.29) is 0 Å². The Hall–Kier alpha value is 0.460. The van der Waals surface area contributed by atoms with Crippen molar-refractivity contribution < 1.29 is 23.4 Å². The van der Waals surface area contributed by atoms with Crippen LogP contribution in [0.15, 0.2) is 0 Å². The van der Waals surface area contributed by atoms with Gasteiger partial charge in [-0.3, -0.25) is 10.1 Å². The summed E-state index contributed by atoms with van der Waals surface area (Å²) in [6.45, 7) is 0. The van der Waals surface area contributed by atoms with Crippen LogP contribution >= 0.6 is 16.8 Å². The van der Waals surface area contributed by atoms with Gasteiger partial charge in [0.1, 0.15) is 0 Å². The Labute approximate surface area is 60.9 Å². The Bertz CT molecular complexity index is 79.0. The van der Waals surface area contributed by atoms with Gasteiger partial charge in [-0.05, 0) is 0 Å². The van der Waals surface area contributed by atoms with E-state index in [1.165, 1.54) is 14.2 Å². The Morgan fingerprint density at radius 3 is 1.60 bits per heavy atom. The second-order valence-electron chi connectivity index (χ2n) is 0.979. The van der Waals surface area contributed by atoms with Gasteiger partial charge in [0.25, 0.3) is 0 Å². The van der Waals surface area contributed by atoms with Crippen LogP contribution < -0.4 is 5.50 Å². The highest BCUT2D eigenvalue weighted by Gasteiger charge is 1.83. The molecule has 0 heterocycles. The molecule has 0 bridgehead atoms. The van der Waals surface area contributed by atoms with E-state index in [0.29, 0.717) is 0 Å². The van der Waals surface area contributed by atoms with Crippen LogP contribution in [0.1, 0.15) is 0 Å². The molecular weight excluding hydrogens is 180 g/mol. The zero-order chi connectivity index (χ0) is 8.57. The molecule has 0 spiro atoms. The van der Waals surface area contributed by atoms with Crippen LogP contribution in [0.4, 0.5) is 0 Å². The van der Waals surface area contributed by atoms with Gasteiger partial charge in [-0.25, -0.2) is 0 Å². The monoisotopic (exact) mass is 191 g/mol. The summed E-state index contributed by atoms with van der Waals surface area (Å²) in [4.78, 5) is 14.9. The number of rotatable bonds is 2. The van der Waals surface area contributed by atoms with Crippen molar-refractivity contribution in [3.05, 3.63) is 0 Å². The molecule has 0 fully saturated rings. The summed E-state index contributed by atoms with van der Waals surface area (Å²) in [7, 11) is -1.56. The van der Waals surface area contributed by atoms with Crippen molar-refractivity contribution in [2.24, 2.45) is 5.50 Å². The molecule has 10 heavy (non-hydrogen) atoms. The van der Waals surface area contributed by atoms with Gasteiger partial charge in [0.15, 0.2) is 0 Å². The topological polar surface area (TPSA) is 102 Å². The molecule has 64 valence electrons.